The second-order valence-electron chi connectivity index (χ2n) is 2.03. The van der Waals surface area contributed by atoms with Gasteiger partial charge in [-0.2, -0.15) is 5.10 Å². The number of nitrogens with zero attached hydrogens (tertiary/aromatic N) is 2. The maximum atomic E-state index is 12.1. The summed E-state index contributed by atoms with van der Waals surface area (Å²) in [7, 11) is 0. The van der Waals surface area contributed by atoms with Gasteiger partial charge in [-0.3, -0.25) is 0 Å². The van der Waals surface area contributed by atoms with Crippen molar-refractivity contribution in [2.75, 3.05) is 0 Å². The van der Waals surface area contributed by atoms with Gasteiger partial charge in [0.25, 0.3) is 6.43 Å². The van der Waals surface area contributed by atoms with Crippen LogP contribution in [0.25, 0.3) is 0 Å². The molecule has 1 aromatic rings. The van der Waals surface area contributed by atoms with Crippen molar-refractivity contribution in [3.8, 4) is 0 Å². The monoisotopic (exact) mass is 178 g/mol. The third-order valence-corrected chi connectivity index (χ3v) is 1.43. The molecule has 1 rings (SSSR count). The van der Waals surface area contributed by atoms with Crippen LogP contribution in [0.15, 0.2) is 6.07 Å². The van der Waals surface area contributed by atoms with Crippen LogP contribution < -0.4 is 0 Å². The van der Waals surface area contributed by atoms with E-state index in [1.165, 1.54) is 6.07 Å². The van der Waals surface area contributed by atoms with Crippen molar-refractivity contribution in [1.82, 2.24) is 10.2 Å². The molecule has 0 saturated heterocycles. The highest BCUT2D eigenvalue weighted by Crippen LogP contribution is 2.24. The molecule has 0 atom stereocenters. The van der Waals surface area contributed by atoms with Gasteiger partial charge in [0, 0.05) is 0 Å². The molecule has 0 unspecified atom stereocenters. The maximum Gasteiger partial charge on any atom is 0.266 e. The molecule has 1 heterocycles. The van der Waals surface area contributed by atoms with Crippen LogP contribution >= 0.6 is 11.6 Å². The Morgan fingerprint density at radius 2 is 2.09 bits per heavy atom. The van der Waals surface area contributed by atoms with Crippen LogP contribution in [0, 0.1) is 6.92 Å². The zero-order valence-corrected chi connectivity index (χ0v) is 6.44. The van der Waals surface area contributed by atoms with E-state index in [4.69, 9.17) is 11.6 Å². The number of aryl methyl sites for hydroxylation is 1. The average molecular weight is 179 g/mol. The fraction of sp³-hybridized carbons (Fsp3) is 0.333. The summed E-state index contributed by atoms with van der Waals surface area (Å²) in [5.74, 6) is 0. The number of alkyl halides is 2. The van der Waals surface area contributed by atoms with E-state index in [1.807, 2.05) is 0 Å². The van der Waals surface area contributed by atoms with Crippen LogP contribution in [0.3, 0.4) is 0 Å². The normalized spacial score (nSPS) is 10.6. The first-order chi connectivity index (χ1) is 5.11. The van der Waals surface area contributed by atoms with E-state index in [9.17, 15) is 8.78 Å². The summed E-state index contributed by atoms with van der Waals surface area (Å²) in [5, 5.41) is 6.61. The minimum Gasteiger partial charge on any atom is -0.205 e. The van der Waals surface area contributed by atoms with E-state index in [2.05, 4.69) is 10.2 Å². The SMILES string of the molecule is Cc1cc(C(F)F)c(Cl)nn1. The van der Waals surface area contributed by atoms with Crippen LogP contribution in [0.4, 0.5) is 8.78 Å². The van der Waals surface area contributed by atoms with Crippen molar-refractivity contribution >= 4 is 11.6 Å². The zero-order valence-electron chi connectivity index (χ0n) is 5.68. The minimum absolute atomic E-state index is 0.231. The molecule has 11 heavy (non-hydrogen) atoms. The molecule has 5 heteroatoms. The highest BCUT2D eigenvalue weighted by molar-refractivity contribution is 6.30. The lowest BCUT2D eigenvalue weighted by Crippen LogP contribution is -1.94. The molecule has 2 nitrogen and oxygen atoms in total. The Morgan fingerprint density at radius 3 is 2.55 bits per heavy atom. The Labute approximate surface area is 67.2 Å². The van der Waals surface area contributed by atoms with Gasteiger partial charge in [-0.25, -0.2) is 8.78 Å². The number of rotatable bonds is 1. The Morgan fingerprint density at radius 1 is 1.45 bits per heavy atom. The lowest BCUT2D eigenvalue weighted by molar-refractivity contribution is 0.150. The molecule has 0 amide bonds. The second kappa shape index (κ2) is 3.09. The summed E-state index contributed by atoms with van der Waals surface area (Å²) in [6.45, 7) is 1.58. The molecule has 0 radical (unpaired) electrons. The molecule has 0 N–H and O–H groups in total. The van der Waals surface area contributed by atoms with E-state index in [-0.39, 0.29) is 10.7 Å². The molecule has 1 aromatic heterocycles. The molecule has 0 aromatic carbocycles. The first kappa shape index (κ1) is 8.33. The van der Waals surface area contributed by atoms with E-state index in [0.717, 1.165) is 0 Å². The predicted octanol–water partition coefficient (Wildman–Crippen LogP) is 2.38. The van der Waals surface area contributed by atoms with Gasteiger partial charge in [-0.05, 0) is 13.0 Å². The third-order valence-electron chi connectivity index (χ3n) is 1.13. The molecular weight excluding hydrogens is 174 g/mol. The first-order valence-electron chi connectivity index (χ1n) is 2.89. The van der Waals surface area contributed by atoms with Gasteiger partial charge in [0.15, 0.2) is 5.15 Å². The molecular formula is C6H5ClF2N2. The Balaban J connectivity index is 3.13. The summed E-state index contributed by atoms with van der Waals surface area (Å²) >= 11 is 5.34. The third kappa shape index (κ3) is 1.83. The highest BCUT2D eigenvalue weighted by atomic mass is 35.5. The molecule has 0 aliphatic rings. The molecule has 0 spiro atoms. The highest BCUT2D eigenvalue weighted by Gasteiger charge is 2.13. The van der Waals surface area contributed by atoms with Crippen LogP contribution in [0.2, 0.25) is 5.15 Å². The number of halogens is 3. The second-order valence-corrected chi connectivity index (χ2v) is 2.39. The zero-order chi connectivity index (χ0) is 8.43. The van der Waals surface area contributed by atoms with Gasteiger partial charge in [0.1, 0.15) is 0 Å². The minimum atomic E-state index is -2.59. The summed E-state index contributed by atoms with van der Waals surface area (Å²) in [4.78, 5) is 0. The standard InChI is InChI=1S/C6H5ClF2N2/c1-3-2-4(6(8)9)5(7)11-10-3/h2,6H,1H3. The average Bonchev–Trinajstić information content (AvgIpc) is 1.94. The van der Waals surface area contributed by atoms with E-state index >= 15 is 0 Å². The van der Waals surface area contributed by atoms with E-state index < -0.39 is 6.43 Å². The van der Waals surface area contributed by atoms with Crippen molar-refractivity contribution in [3.63, 3.8) is 0 Å². The molecule has 0 bridgehead atoms. The first-order valence-corrected chi connectivity index (χ1v) is 3.27. The number of hydrogen-bond donors (Lipinski definition) is 0. The fourth-order valence-electron chi connectivity index (χ4n) is 0.647. The number of hydrogen-bond acceptors (Lipinski definition) is 2. The lowest BCUT2D eigenvalue weighted by atomic mass is 10.3. The van der Waals surface area contributed by atoms with Crippen molar-refractivity contribution in [1.29, 1.82) is 0 Å². The smallest absolute Gasteiger partial charge is 0.205 e. The van der Waals surface area contributed by atoms with Crippen LogP contribution in [0.1, 0.15) is 17.7 Å². The van der Waals surface area contributed by atoms with Crippen molar-refractivity contribution < 1.29 is 8.78 Å². The quantitative estimate of drug-likeness (QED) is 0.660. The predicted molar refractivity (Wildman–Crippen MR) is 36.7 cm³/mol. The Bertz CT molecular complexity index is 265. The summed E-state index contributed by atoms with van der Waals surface area (Å²) in [6.07, 6.45) is -2.59. The Kier molecular flexibility index (Phi) is 2.34. The van der Waals surface area contributed by atoms with Crippen LogP contribution in [0.5, 0.6) is 0 Å². The van der Waals surface area contributed by atoms with Gasteiger partial charge >= 0.3 is 0 Å². The van der Waals surface area contributed by atoms with Gasteiger partial charge in [-0.1, -0.05) is 11.6 Å². The molecule has 0 saturated carbocycles. The molecule has 60 valence electrons. The summed E-state index contributed by atoms with van der Waals surface area (Å²) in [5.41, 5.74) is 0.170. The van der Waals surface area contributed by atoms with Gasteiger partial charge < -0.3 is 0 Å². The van der Waals surface area contributed by atoms with Gasteiger partial charge in [0.05, 0.1) is 11.3 Å². The number of aromatic nitrogens is 2. The van der Waals surface area contributed by atoms with Gasteiger partial charge in [0.2, 0.25) is 0 Å². The molecule has 0 fully saturated rings. The van der Waals surface area contributed by atoms with Crippen molar-refractivity contribution in [3.05, 3.63) is 22.5 Å². The summed E-state index contributed by atoms with van der Waals surface area (Å²) in [6, 6.07) is 1.22. The Hall–Kier alpha value is -0.770. The van der Waals surface area contributed by atoms with Crippen molar-refractivity contribution in [2.45, 2.75) is 13.3 Å². The van der Waals surface area contributed by atoms with E-state index in [0.29, 0.717) is 5.69 Å². The topological polar surface area (TPSA) is 25.8 Å². The lowest BCUT2D eigenvalue weighted by Gasteiger charge is -2.00. The fourth-order valence-corrected chi connectivity index (χ4v) is 0.822. The summed E-state index contributed by atoms with van der Waals surface area (Å²) < 4.78 is 24.1. The van der Waals surface area contributed by atoms with Crippen LogP contribution in [-0.4, -0.2) is 10.2 Å². The molecule has 0 aliphatic carbocycles. The van der Waals surface area contributed by atoms with Gasteiger partial charge in [-0.15, -0.1) is 5.10 Å². The van der Waals surface area contributed by atoms with E-state index in [1.54, 1.807) is 6.92 Å². The maximum absolute atomic E-state index is 12.1. The largest absolute Gasteiger partial charge is 0.266 e. The van der Waals surface area contributed by atoms with Crippen molar-refractivity contribution in [2.24, 2.45) is 0 Å². The molecule has 0 aliphatic heterocycles. The van der Waals surface area contributed by atoms with Crippen LogP contribution in [-0.2, 0) is 0 Å².